The minimum absolute atomic E-state index is 0.728. The number of hydrogen-bond acceptors (Lipinski definition) is 25. The van der Waals surface area contributed by atoms with Crippen molar-refractivity contribution in [1.29, 1.82) is 0 Å². The van der Waals surface area contributed by atoms with E-state index in [2.05, 4.69) is 16.0 Å². The average Bonchev–Trinajstić information content (AvgIpc) is 3.24. The van der Waals surface area contributed by atoms with Crippen LogP contribution in [0.15, 0.2) is 0 Å². The summed E-state index contributed by atoms with van der Waals surface area (Å²) in [6, 6.07) is -4.78. The molecular weight excluding hydrogens is 874 g/mol. The third kappa shape index (κ3) is 11.6. The molecule has 3 amide bonds. The quantitative estimate of drug-likeness (QED) is 0.0725. The van der Waals surface area contributed by atoms with Crippen molar-refractivity contribution in [1.82, 2.24) is 16.0 Å². The summed E-state index contributed by atoms with van der Waals surface area (Å²) in [6.45, 7) is 1.06. The summed E-state index contributed by atoms with van der Waals surface area (Å²) < 4.78 is 52.6. The fourth-order valence-electron chi connectivity index (χ4n) is 8.08. The smallest absolute Gasteiger partial charge is 0.217 e. The van der Waals surface area contributed by atoms with Crippen LogP contribution in [0.1, 0.15) is 27.7 Å². The van der Waals surface area contributed by atoms with E-state index >= 15 is 0 Å². The minimum Gasteiger partial charge on any atom is -0.394 e. The zero-order valence-corrected chi connectivity index (χ0v) is 35.0. The first-order chi connectivity index (χ1) is 30.1. The summed E-state index contributed by atoms with van der Waals surface area (Å²) in [5.41, 5.74) is 0. The molecule has 5 fully saturated rings. The number of aliphatic hydroxyl groups excluding tert-OH is 13. The van der Waals surface area contributed by atoms with Gasteiger partial charge in [-0.15, -0.1) is 0 Å². The van der Waals surface area contributed by atoms with Crippen LogP contribution in [0, 0.1) is 0 Å². The van der Waals surface area contributed by atoms with E-state index in [9.17, 15) is 80.8 Å². The van der Waals surface area contributed by atoms with Crippen molar-refractivity contribution in [3.05, 3.63) is 0 Å². The molecule has 0 aromatic rings. The topological polar surface area (TPSA) is 433 Å². The number of ether oxygens (including phenoxy) is 9. The number of aliphatic hydroxyl groups is 13. The second kappa shape index (κ2) is 22.6. The molecule has 16 N–H and O–H groups in total. The molecule has 28 nitrogen and oxygen atoms in total. The van der Waals surface area contributed by atoms with E-state index in [-0.39, 0.29) is 0 Å². The molecule has 64 heavy (non-hydrogen) atoms. The van der Waals surface area contributed by atoms with Crippen LogP contribution in [0.5, 0.6) is 0 Å². The first-order valence-corrected chi connectivity index (χ1v) is 20.4. The van der Waals surface area contributed by atoms with Gasteiger partial charge in [-0.3, -0.25) is 14.4 Å². The Labute approximate surface area is 364 Å². The van der Waals surface area contributed by atoms with Gasteiger partial charge < -0.3 is 125 Å². The average molecular weight is 936 g/mol. The van der Waals surface area contributed by atoms with Crippen molar-refractivity contribution in [3.63, 3.8) is 0 Å². The molecule has 5 saturated heterocycles. The molecule has 0 bridgehead atoms. The molecule has 0 aromatic carbocycles. The normalized spacial score (nSPS) is 47.7. The van der Waals surface area contributed by atoms with E-state index < -0.39 is 197 Å². The summed E-state index contributed by atoms with van der Waals surface area (Å²) in [5.74, 6) is -2.26. The summed E-state index contributed by atoms with van der Waals surface area (Å²) in [4.78, 5) is 37.2. The van der Waals surface area contributed by atoms with Crippen LogP contribution >= 0.6 is 0 Å². The molecule has 0 saturated carbocycles. The predicted octanol–water partition coefficient (Wildman–Crippen LogP) is -10.5. The van der Waals surface area contributed by atoms with E-state index in [4.69, 9.17) is 42.6 Å². The maximum atomic E-state index is 12.8. The molecule has 0 aliphatic carbocycles. The molecule has 5 heterocycles. The molecular formula is C36H61N3O25. The van der Waals surface area contributed by atoms with E-state index in [1.54, 1.807) is 0 Å². The minimum atomic E-state index is -1.99. The van der Waals surface area contributed by atoms with E-state index in [1.165, 1.54) is 6.92 Å². The molecule has 1 unspecified atom stereocenters. The fourth-order valence-corrected chi connectivity index (χ4v) is 8.08. The lowest BCUT2D eigenvalue weighted by Crippen LogP contribution is -2.71. The summed E-state index contributed by atoms with van der Waals surface area (Å²) >= 11 is 0. The molecule has 25 atom stereocenters. The molecule has 0 spiro atoms. The highest BCUT2D eigenvalue weighted by atomic mass is 16.8. The molecule has 5 aliphatic rings. The summed E-state index contributed by atoms with van der Waals surface area (Å²) in [6.07, 6.45) is -38.5. The zero-order valence-electron chi connectivity index (χ0n) is 35.0. The Morgan fingerprint density at radius 3 is 1.45 bits per heavy atom. The monoisotopic (exact) mass is 935 g/mol. The summed E-state index contributed by atoms with van der Waals surface area (Å²) in [7, 11) is 0. The van der Waals surface area contributed by atoms with Crippen LogP contribution in [-0.4, -0.2) is 264 Å². The van der Waals surface area contributed by atoms with Gasteiger partial charge in [0.1, 0.15) is 116 Å². The van der Waals surface area contributed by atoms with Gasteiger partial charge in [0.15, 0.2) is 31.5 Å². The van der Waals surface area contributed by atoms with Crippen molar-refractivity contribution >= 4 is 17.7 Å². The van der Waals surface area contributed by atoms with Gasteiger partial charge in [0.25, 0.3) is 0 Å². The van der Waals surface area contributed by atoms with Gasteiger partial charge in [-0.05, 0) is 6.92 Å². The third-order valence-corrected chi connectivity index (χ3v) is 11.5. The van der Waals surface area contributed by atoms with Gasteiger partial charge in [0, 0.05) is 20.8 Å². The second-order valence-electron chi connectivity index (χ2n) is 16.2. The maximum Gasteiger partial charge on any atom is 0.217 e. The van der Waals surface area contributed by atoms with Crippen molar-refractivity contribution in [3.8, 4) is 0 Å². The Balaban J connectivity index is 1.47. The van der Waals surface area contributed by atoms with E-state index in [1.807, 2.05) is 0 Å². The highest BCUT2D eigenvalue weighted by Crippen LogP contribution is 2.35. The largest absolute Gasteiger partial charge is 0.394 e. The number of hydrogen-bond donors (Lipinski definition) is 16. The van der Waals surface area contributed by atoms with Crippen molar-refractivity contribution in [2.24, 2.45) is 0 Å². The lowest BCUT2D eigenvalue weighted by molar-refractivity contribution is -0.369. The highest BCUT2D eigenvalue weighted by molar-refractivity contribution is 5.74. The number of carbonyl (C=O) groups is 3. The Morgan fingerprint density at radius 2 is 0.891 bits per heavy atom. The van der Waals surface area contributed by atoms with Crippen molar-refractivity contribution in [2.45, 2.75) is 181 Å². The Hall–Kier alpha value is -2.47. The number of nitrogens with one attached hydrogen (secondary N) is 3. The lowest BCUT2D eigenvalue weighted by Gasteiger charge is -2.51. The Kier molecular flexibility index (Phi) is 18.5. The standard InChI is InChI=1S/C36H61N3O25/c1-9-20(46)25(51)27(53)35(57-9)64-31-19(39-12(4)45)33(61-15(7-42)29(31)62-34-17(37-10(2)43)24(50)21(47)13(5-40)59-34)56-8-16-23(49)30(18(32(55)58-16)38-11(3)44)63-36-28(54)26(52)22(48)14(6-41)60-36/h9,13-36,40-42,46-55H,5-8H2,1-4H3,(H,37,43)(H,38,44)(H,39,45)/t9-,13+,14+,15+,16+,17+,18+,19+,20+,21-,22-,23-,24+,25+,26-,27-,28+,29+,30+,31+,32?,33+,34-,35-,36-/m0/s1. The molecule has 0 radical (unpaired) electrons. The Bertz CT molecular complexity index is 1540. The van der Waals surface area contributed by atoms with Crippen LogP contribution in [0.2, 0.25) is 0 Å². The Morgan fingerprint density at radius 1 is 0.438 bits per heavy atom. The first-order valence-electron chi connectivity index (χ1n) is 20.4. The SMILES string of the molecule is CC(=O)N[C@H]1[C@H](O[C@H]2[C@H](O[C@@H]3O[C@@H](C)[C@@H](O)[C@@H](O)[C@@H]3O)[C@@H](NC(C)=O)[C@H](OC[C@H]3OC(O)[C@H](NC(C)=O)[C@@H](O[C@@H]4O[C@H](CO)[C@H](O)[C@H](O)[C@H]4O)[C@H]3O)O[C@@H]2CO)O[C@H](CO)[C@H](O)[C@@H]1O. The molecule has 370 valence electrons. The predicted molar refractivity (Wildman–Crippen MR) is 200 cm³/mol. The second-order valence-corrected chi connectivity index (χ2v) is 16.2. The van der Waals surface area contributed by atoms with Gasteiger partial charge >= 0.3 is 0 Å². The van der Waals surface area contributed by atoms with E-state index in [0.29, 0.717) is 0 Å². The molecule has 28 heteroatoms. The fraction of sp³-hybridized carbons (Fsp3) is 0.917. The number of rotatable bonds is 15. The van der Waals surface area contributed by atoms with Crippen molar-refractivity contribution in [2.75, 3.05) is 26.4 Å². The van der Waals surface area contributed by atoms with Crippen molar-refractivity contribution < 1.29 is 123 Å². The van der Waals surface area contributed by atoms with Crippen LogP contribution in [0.25, 0.3) is 0 Å². The maximum absolute atomic E-state index is 12.8. The van der Waals surface area contributed by atoms with Gasteiger partial charge in [-0.25, -0.2) is 0 Å². The van der Waals surface area contributed by atoms with Crippen LogP contribution in [0.3, 0.4) is 0 Å². The van der Waals surface area contributed by atoms with Crippen LogP contribution < -0.4 is 16.0 Å². The number of amides is 3. The van der Waals surface area contributed by atoms with Crippen LogP contribution in [0.4, 0.5) is 0 Å². The molecule has 0 aromatic heterocycles. The zero-order chi connectivity index (χ0) is 47.5. The van der Waals surface area contributed by atoms with E-state index in [0.717, 1.165) is 20.8 Å². The number of carbonyl (C=O) groups excluding carboxylic acids is 3. The third-order valence-electron chi connectivity index (χ3n) is 11.5. The van der Waals surface area contributed by atoms with Gasteiger partial charge in [0.05, 0.1) is 32.5 Å². The first kappa shape index (κ1) is 52.5. The molecule has 5 rings (SSSR count). The molecule has 5 aliphatic heterocycles. The van der Waals surface area contributed by atoms with Crippen LogP contribution in [-0.2, 0) is 57.0 Å². The summed E-state index contributed by atoms with van der Waals surface area (Å²) in [5, 5.41) is 145. The lowest BCUT2D eigenvalue weighted by atomic mass is 9.93. The van der Waals surface area contributed by atoms with Gasteiger partial charge in [0.2, 0.25) is 17.7 Å². The van der Waals surface area contributed by atoms with Gasteiger partial charge in [-0.2, -0.15) is 0 Å². The van der Waals surface area contributed by atoms with Gasteiger partial charge in [-0.1, -0.05) is 0 Å². The highest BCUT2D eigenvalue weighted by Gasteiger charge is 2.56.